The molecular weight excluding hydrogens is 138 g/mol. The number of carboxylic acid groups (broad SMARTS) is 1. The lowest BCUT2D eigenvalue weighted by Crippen LogP contribution is -2.14. The van der Waals surface area contributed by atoms with Gasteiger partial charge in [0.15, 0.2) is 0 Å². The fraction of sp³-hybridized carbons (Fsp3) is 0.600. The quantitative estimate of drug-likeness (QED) is 0.509. The maximum absolute atomic E-state index is 10.3. The van der Waals surface area contributed by atoms with E-state index in [2.05, 4.69) is 0 Å². The standard InChI is InChI=1S/C5H9NO3.H2O/c6-3-4(7)1-2-5(8)9;/h1-3,6H2,(H,8,9);1H2. The van der Waals surface area contributed by atoms with Gasteiger partial charge in [0.1, 0.15) is 5.78 Å². The monoisotopic (exact) mass is 149 g/mol. The zero-order valence-corrected chi connectivity index (χ0v) is 5.46. The highest BCUT2D eigenvalue weighted by molar-refractivity contribution is 5.83. The molecule has 0 rings (SSSR count). The summed E-state index contributed by atoms with van der Waals surface area (Å²) in [5, 5.41) is 8.06. The molecule has 0 aromatic rings. The van der Waals surface area contributed by atoms with Crippen molar-refractivity contribution in [1.29, 1.82) is 0 Å². The molecule has 0 atom stereocenters. The maximum Gasteiger partial charge on any atom is 0.303 e. The molecule has 0 aromatic heterocycles. The first-order chi connectivity index (χ1) is 4.16. The zero-order chi connectivity index (χ0) is 7.28. The van der Waals surface area contributed by atoms with Crippen LogP contribution in [0.15, 0.2) is 0 Å². The third kappa shape index (κ3) is 7.06. The SMILES string of the molecule is NCC(=O)CCC(=O)O.O. The van der Waals surface area contributed by atoms with Crippen molar-refractivity contribution in [2.45, 2.75) is 12.8 Å². The molecule has 0 aromatic carbocycles. The lowest BCUT2D eigenvalue weighted by molar-refractivity contribution is -0.138. The molecule has 10 heavy (non-hydrogen) atoms. The Hall–Kier alpha value is -0.940. The van der Waals surface area contributed by atoms with Gasteiger partial charge < -0.3 is 16.3 Å². The zero-order valence-electron chi connectivity index (χ0n) is 5.46. The number of nitrogens with two attached hydrogens (primary N) is 1. The molecule has 60 valence electrons. The number of hydrogen-bond donors (Lipinski definition) is 2. The average Bonchev–Trinajstić information content (AvgIpc) is 1.83. The van der Waals surface area contributed by atoms with Crippen LogP contribution in [0.1, 0.15) is 12.8 Å². The van der Waals surface area contributed by atoms with Gasteiger partial charge in [0.05, 0.1) is 13.0 Å². The van der Waals surface area contributed by atoms with Crippen molar-refractivity contribution in [2.24, 2.45) is 5.73 Å². The normalized spacial score (nSPS) is 8.10. The number of aliphatic carboxylic acids is 1. The number of Topliss-reactive ketones (excluding diaryl/α,β-unsaturated/α-hetero) is 1. The van der Waals surface area contributed by atoms with E-state index >= 15 is 0 Å². The minimum atomic E-state index is -0.961. The lowest BCUT2D eigenvalue weighted by atomic mass is 10.2. The number of carbonyl (C=O) groups is 2. The van der Waals surface area contributed by atoms with Crippen molar-refractivity contribution in [2.75, 3.05) is 6.54 Å². The van der Waals surface area contributed by atoms with E-state index in [4.69, 9.17) is 10.8 Å². The van der Waals surface area contributed by atoms with Gasteiger partial charge >= 0.3 is 5.97 Å². The van der Waals surface area contributed by atoms with E-state index in [0.717, 1.165) is 0 Å². The van der Waals surface area contributed by atoms with Crippen molar-refractivity contribution in [3.05, 3.63) is 0 Å². The van der Waals surface area contributed by atoms with E-state index in [0.29, 0.717) is 0 Å². The topological polar surface area (TPSA) is 112 Å². The van der Waals surface area contributed by atoms with Crippen LogP contribution in [0.25, 0.3) is 0 Å². The summed E-state index contributed by atoms with van der Waals surface area (Å²) in [5.74, 6) is -1.17. The van der Waals surface area contributed by atoms with Gasteiger partial charge in [-0.25, -0.2) is 0 Å². The molecule has 0 heterocycles. The summed E-state index contributed by atoms with van der Waals surface area (Å²) in [4.78, 5) is 20.2. The van der Waals surface area contributed by atoms with Crippen LogP contribution in [0, 0.1) is 0 Å². The van der Waals surface area contributed by atoms with E-state index < -0.39 is 5.97 Å². The molecular formula is C5H11NO4. The van der Waals surface area contributed by atoms with E-state index in [1.807, 2.05) is 0 Å². The fourth-order valence-corrected chi connectivity index (χ4v) is 0.348. The Kier molecular flexibility index (Phi) is 7.30. The second kappa shape index (κ2) is 6.18. The number of ketones is 1. The lowest BCUT2D eigenvalue weighted by Gasteiger charge is -1.90. The highest BCUT2D eigenvalue weighted by Gasteiger charge is 2.01. The van der Waals surface area contributed by atoms with Crippen molar-refractivity contribution < 1.29 is 20.2 Å². The van der Waals surface area contributed by atoms with Crippen LogP contribution in [0.5, 0.6) is 0 Å². The first-order valence-corrected chi connectivity index (χ1v) is 2.60. The van der Waals surface area contributed by atoms with Crippen molar-refractivity contribution >= 4 is 11.8 Å². The van der Waals surface area contributed by atoms with Crippen LogP contribution < -0.4 is 5.73 Å². The first-order valence-electron chi connectivity index (χ1n) is 2.60. The summed E-state index contributed by atoms with van der Waals surface area (Å²) in [6.07, 6.45) is -0.0676. The minimum Gasteiger partial charge on any atom is -0.481 e. The average molecular weight is 149 g/mol. The Morgan fingerprint density at radius 2 is 1.80 bits per heavy atom. The molecule has 0 bridgehead atoms. The van der Waals surface area contributed by atoms with Gasteiger partial charge in [-0.3, -0.25) is 9.59 Å². The maximum atomic E-state index is 10.3. The van der Waals surface area contributed by atoms with Gasteiger partial charge in [-0.05, 0) is 0 Å². The molecule has 0 aliphatic carbocycles. The van der Waals surface area contributed by atoms with E-state index in [1.165, 1.54) is 0 Å². The van der Waals surface area contributed by atoms with Gasteiger partial charge in [-0.1, -0.05) is 0 Å². The molecule has 0 spiro atoms. The molecule has 5 N–H and O–H groups in total. The Bertz CT molecular complexity index is 123. The summed E-state index contributed by atoms with van der Waals surface area (Å²) in [7, 11) is 0. The number of hydrogen-bond acceptors (Lipinski definition) is 3. The van der Waals surface area contributed by atoms with E-state index in [1.54, 1.807) is 0 Å². The Balaban J connectivity index is 0. The van der Waals surface area contributed by atoms with Crippen LogP contribution in [0.4, 0.5) is 0 Å². The number of carboxylic acids is 1. The summed E-state index contributed by atoms with van der Waals surface area (Å²) < 4.78 is 0. The van der Waals surface area contributed by atoms with Crippen LogP contribution in [0.3, 0.4) is 0 Å². The van der Waals surface area contributed by atoms with Crippen LogP contribution in [-0.2, 0) is 9.59 Å². The third-order valence-corrected chi connectivity index (χ3v) is 0.845. The molecule has 0 saturated carbocycles. The molecule has 0 aliphatic heterocycles. The van der Waals surface area contributed by atoms with Crippen LogP contribution in [-0.4, -0.2) is 28.9 Å². The van der Waals surface area contributed by atoms with Gasteiger partial charge in [-0.15, -0.1) is 0 Å². The third-order valence-electron chi connectivity index (χ3n) is 0.845. The van der Waals surface area contributed by atoms with E-state index in [9.17, 15) is 9.59 Å². The van der Waals surface area contributed by atoms with E-state index in [-0.39, 0.29) is 30.6 Å². The van der Waals surface area contributed by atoms with Crippen LogP contribution >= 0.6 is 0 Å². The van der Waals surface area contributed by atoms with Gasteiger partial charge in [0, 0.05) is 6.42 Å². The second-order valence-electron chi connectivity index (χ2n) is 1.64. The van der Waals surface area contributed by atoms with Crippen molar-refractivity contribution in [3.63, 3.8) is 0 Å². The summed E-state index contributed by atoms with van der Waals surface area (Å²) in [6.45, 7) is -0.0622. The molecule has 0 aliphatic rings. The number of rotatable bonds is 4. The molecule has 0 saturated heterocycles. The predicted molar refractivity (Wildman–Crippen MR) is 34.5 cm³/mol. The largest absolute Gasteiger partial charge is 0.481 e. The Labute approximate surface area is 58.1 Å². The number of carbonyl (C=O) groups excluding carboxylic acids is 1. The highest BCUT2D eigenvalue weighted by Crippen LogP contribution is 1.87. The second-order valence-corrected chi connectivity index (χ2v) is 1.64. The summed E-state index contributed by atoms with van der Waals surface area (Å²) in [5.41, 5.74) is 4.92. The van der Waals surface area contributed by atoms with Crippen molar-refractivity contribution in [1.82, 2.24) is 0 Å². The van der Waals surface area contributed by atoms with Gasteiger partial charge in [0.2, 0.25) is 0 Å². The molecule has 0 amide bonds. The molecule has 0 unspecified atom stereocenters. The first kappa shape index (κ1) is 11.8. The summed E-state index contributed by atoms with van der Waals surface area (Å²) in [6, 6.07) is 0. The summed E-state index contributed by atoms with van der Waals surface area (Å²) >= 11 is 0. The van der Waals surface area contributed by atoms with Crippen LogP contribution in [0.2, 0.25) is 0 Å². The smallest absolute Gasteiger partial charge is 0.303 e. The fourth-order valence-electron chi connectivity index (χ4n) is 0.348. The minimum absolute atomic E-state index is 0. The molecule has 5 nitrogen and oxygen atoms in total. The van der Waals surface area contributed by atoms with Gasteiger partial charge in [-0.2, -0.15) is 0 Å². The van der Waals surface area contributed by atoms with Crippen molar-refractivity contribution in [3.8, 4) is 0 Å². The molecule has 0 fully saturated rings. The highest BCUT2D eigenvalue weighted by atomic mass is 16.4. The molecule has 5 heteroatoms. The predicted octanol–water partition coefficient (Wildman–Crippen LogP) is -1.45. The van der Waals surface area contributed by atoms with Gasteiger partial charge in [0.25, 0.3) is 0 Å². The Morgan fingerprint density at radius 1 is 1.30 bits per heavy atom. The molecule has 0 radical (unpaired) electrons. The Morgan fingerprint density at radius 3 is 2.10 bits per heavy atom.